The van der Waals surface area contributed by atoms with Gasteiger partial charge in [-0.3, -0.25) is 4.79 Å². The number of ketones is 1. The number of methoxy groups -OCH3 is 2. The summed E-state index contributed by atoms with van der Waals surface area (Å²) in [6.07, 6.45) is 7.06. The number of rotatable bonds is 3. The molecular formula is C27H30O4. The number of ether oxygens (including phenoxy) is 2. The lowest BCUT2D eigenvalue weighted by Gasteiger charge is -2.48. The predicted octanol–water partition coefficient (Wildman–Crippen LogP) is 5.53. The number of Topliss-reactive ketones (excluding diaryl/α,β-unsaturated/α-hetero) is 1. The number of phenolic OH excluding ortho intramolecular Hbond substituents is 1. The normalized spacial score (nSPS) is 30.5. The second-order valence-electron chi connectivity index (χ2n) is 9.57. The number of benzene rings is 2. The zero-order valence-electron chi connectivity index (χ0n) is 18.5. The molecule has 4 heteroatoms. The van der Waals surface area contributed by atoms with Crippen LogP contribution >= 0.6 is 0 Å². The van der Waals surface area contributed by atoms with Gasteiger partial charge in [0.1, 0.15) is 5.75 Å². The van der Waals surface area contributed by atoms with Crippen LogP contribution in [0.2, 0.25) is 0 Å². The molecule has 0 aliphatic heterocycles. The van der Waals surface area contributed by atoms with E-state index in [-0.39, 0.29) is 11.2 Å². The van der Waals surface area contributed by atoms with E-state index >= 15 is 0 Å². The van der Waals surface area contributed by atoms with Crippen molar-refractivity contribution in [3.05, 3.63) is 58.7 Å². The standard InChI is InChI=1S/C27H30O4/c1-27-11-10-21-20-8-6-19(30-2)14-17(20)5-7-22(21)23(27)15-18(26(27)29)12-16-4-9-24(28)25(13-16)31-3/h4,6,8-9,12-14,21-23,28H,5,7,10-11,15H2,1-3H3/b18-12+. The molecule has 1 N–H and O–H groups in total. The van der Waals surface area contributed by atoms with Gasteiger partial charge in [-0.15, -0.1) is 0 Å². The fraction of sp³-hybridized carbons (Fsp3) is 0.444. The van der Waals surface area contributed by atoms with Crippen molar-refractivity contribution in [3.63, 3.8) is 0 Å². The molecule has 3 aliphatic rings. The highest BCUT2D eigenvalue weighted by molar-refractivity contribution is 6.06. The minimum Gasteiger partial charge on any atom is -0.504 e. The molecule has 0 saturated heterocycles. The summed E-state index contributed by atoms with van der Waals surface area (Å²) < 4.78 is 10.7. The largest absolute Gasteiger partial charge is 0.504 e. The fourth-order valence-corrected chi connectivity index (χ4v) is 6.47. The number of carbonyl (C=O) groups excluding carboxylic acids is 1. The van der Waals surface area contributed by atoms with Crippen LogP contribution in [0.5, 0.6) is 17.2 Å². The lowest BCUT2D eigenvalue weighted by atomic mass is 9.55. The summed E-state index contributed by atoms with van der Waals surface area (Å²) >= 11 is 0. The topological polar surface area (TPSA) is 55.8 Å². The zero-order valence-corrected chi connectivity index (χ0v) is 18.5. The third-order valence-corrected chi connectivity index (χ3v) is 8.12. The molecule has 5 rings (SSSR count). The van der Waals surface area contributed by atoms with Gasteiger partial charge >= 0.3 is 0 Å². The number of aryl methyl sites for hydroxylation is 1. The quantitative estimate of drug-likeness (QED) is 0.666. The Morgan fingerprint density at radius 2 is 1.94 bits per heavy atom. The number of fused-ring (bicyclic) bond motifs is 5. The minimum absolute atomic E-state index is 0.114. The van der Waals surface area contributed by atoms with Crippen LogP contribution in [0.15, 0.2) is 42.0 Å². The average molecular weight is 419 g/mol. The molecule has 0 spiro atoms. The Hall–Kier alpha value is -2.75. The Morgan fingerprint density at radius 3 is 2.71 bits per heavy atom. The summed E-state index contributed by atoms with van der Waals surface area (Å²) in [5.74, 6) is 3.26. The Morgan fingerprint density at radius 1 is 1.10 bits per heavy atom. The van der Waals surface area contributed by atoms with Crippen molar-refractivity contribution in [1.82, 2.24) is 0 Å². The Balaban J connectivity index is 1.46. The number of hydrogen-bond donors (Lipinski definition) is 1. The van der Waals surface area contributed by atoms with Crippen LogP contribution in [0.4, 0.5) is 0 Å². The zero-order chi connectivity index (χ0) is 21.8. The highest BCUT2D eigenvalue weighted by Crippen LogP contribution is 2.61. The summed E-state index contributed by atoms with van der Waals surface area (Å²) in [6.45, 7) is 2.19. The second kappa shape index (κ2) is 7.44. The average Bonchev–Trinajstić information content (AvgIpc) is 3.04. The molecule has 3 aliphatic carbocycles. The monoisotopic (exact) mass is 418 g/mol. The molecule has 0 aromatic heterocycles. The lowest BCUT2D eigenvalue weighted by Crippen LogP contribution is -2.42. The number of hydrogen-bond acceptors (Lipinski definition) is 4. The lowest BCUT2D eigenvalue weighted by molar-refractivity contribution is -0.127. The van der Waals surface area contributed by atoms with E-state index in [1.165, 1.54) is 11.1 Å². The van der Waals surface area contributed by atoms with Gasteiger partial charge in [0, 0.05) is 5.41 Å². The number of phenols is 1. The number of aromatic hydroxyl groups is 1. The van der Waals surface area contributed by atoms with Gasteiger partial charge in [0.25, 0.3) is 0 Å². The van der Waals surface area contributed by atoms with Crippen molar-refractivity contribution in [3.8, 4) is 17.2 Å². The van der Waals surface area contributed by atoms with Gasteiger partial charge in [-0.1, -0.05) is 19.1 Å². The van der Waals surface area contributed by atoms with Gasteiger partial charge in [-0.05, 0) is 102 Å². The molecule has 31 heavy (non-hydrogen) atoms. The molecule has 2 fully saturated rings. The van der Waals surface area contributed by atoms with Gasteiger partial charge in [0.05, 0.1) is 14.2 Å². The molecular weight excluding hydrogens is 388 g/mol. The van der Waals surface area contributed by atoms with Gasteiger partial charge < -0.3 is 14.6 Å². The van der Waals surface area contributed by atoms with Crippen LogP contribution in [0.3, 0.4) is 0 Å². The van der Waals surface area contributed by atoms with E-state index < -0.39 is 0 Å². The molecule has 0 radical (unpaired) electrons. The van der Waals surface area contributed by atoms with Crippen molar-refractivity contribution in [2.24, 2.45) is 17.3 Å². The minimum atomic E-state index is -0.266. The maximum absolute atomic E-state index is 13.5. The van der Waals surface area contributed by atoms with Gasteiger partial charge in [-0.25, -0.2) is 0 Å². The molecule has 2 aromatic rings. The Bertz CT molecular complexity index is 1070. The molecule has 2 saturated carbocycles. The van der Waals surface area contributed by atoms with Gasteiger partial charge in [0.2, 0.25) is 0 Å². The van der Waals surface area contributed by atoms with Crippen molar-refractivity contribution in [2.45, 2.75) is 44.9 Å². The first-order valence-corrected chi connectivity index (χ1v) is 11.2. The van der Waals surface area contributed by atoms with E-state index in [1.807, 2.05) is 12.1 Å². The van der Waals surface area contributed by atoms with E-state index in [1.54, 1.807) is 26.4 Å². The van der Waals surface area contributed by atoms with Crippen LogP contribution in [0, 0.1) is 17.3 Å². The van der Waals surface area contributed by atoms with Crippen molar-refractivity contribution < 1.29 is 19.4 Å². The molecule has 4 nitrogen and oxygen atoms in total. The van der Waals surface area contributed by atoms with E-state index in [0.717, 1.165) is 49.0 Å². The fourth-order valence-electron chi connectivity index (χ4n) is 6.47. The predicted molar refractivity (Wildman–Crippen MR) is 121 cm³/mol. The maximum atomic E-state index is 13.5. The first-order chi connectivity index (χ1) is 14.9. The molecule has 162 valence electrons. The first kappa shape index (κ1) is 20.2. The maximum Gasteiger partial charge on any atom is 0.165 e. The molecule has 0 bridgehead atoms. The summed E-state index contributed by atoms with van der Waals surface area (Å²) in [5, 5.41) is 9.88. The van der Waals surface area contributed by atoms with E-state index in [4.69, 9.17) is 9.47 Å². The van der Waals surface area contributed by atoms with Crippen molar-refractivity contribution >= 4 is 11.9 Å². The molecule has 4 atom stereocenters. The van der Waals surface area contributed by atoms with Crippen LogP contribution in [0.25, 0.3) is 6.08 Å². The van der Waals surface area contributed by atoms with Gasteiger partial charge in [-0.2, -0.15) is 0 Å². The van der Waals surface area contributed by atoms with Crippen LogP contribution in [-0.2, 0) is 11.2 Å². The number of carbonyl (C=O) groups is 1. The Kier molecular flexibility index (Phi) is 4.84. The molecule has 0 amide bonds. The SMILES string of the molecule is COc1ccc2c(c1)CCC1C2CCC2(C)C(=O)/C(=C/c3ccc(O)c(OC)c3)CC12. The van der Waals surface area contributed by atoms with E-state index in [2.05, 4.69) is 25.1 Å². The summed E-state index contributed by atoms with van der Waals surface area (Å²) in [5.41, 5.74) is 4.44. The smallest absolute Gasteiger partial charge is 0.165 e. The third-order valence-electron chi connectivity index (χ3n) is 8.12. The number of allylic oxidation sites excluding steroid dienone is 1. The second-order valence-corrected chi connectivity index (χ2v) is 9.57. The highest BCUT2D eigenvalue weighted by Gasteiger charge is 2.56. The summed E-state index contributed by atoms with van der Waals surface area (Å²) in [6, 6.07) is 11.8. The first-order valence-electron chi connectivity index (χ1n) is 11.2. The molecule has 2 aromatic carbocycles. The summed E-state index contributed by atoms with van der Waals surface area (Å²) in [7, 11) is 3.26. The van der Waals surface area contributed by atoms with Crippen molar-refractivity contribution in [2.75, 3.05) is 14.2 Å². The van der Waals surface area contributed by atoms with Crippen LogP contribution in [0.1, 0.15) is 55.2 Å². The Labute approximate surface area is 183 Å². The van der Waals surface area contributed by atoms with Crippen LogP contribution < -0.4 is 9.47 Å². The molecule has 0 heterocycles. The third kappa shape index (κ3) is 3.15. The van der Waals surface area contributed by atoms with Gasteiger partial charge in [0.15, 0.2) is 17.3 Å². The van der Waals surface area contributed by atoms with Crippen LogP contribution in [-0.4, -0.2) is 25.1 Å². The van der Waals surface area contributed by atoms with E-state index in [9.17, 15) is 9.90 Å². The summed E-state index contributed by atoms with van der Waals surface area (Å²) in [4.78, 5) is 13.5. The molecule has 4 unspecified atom stereocenters. The highest BCUT2D eigenvalue weighted by atomic mass is 16.5. The van der Waals surface area contributed by atoms with Crippen molar-refractivity contribution in [1.29, 1.82) is 0 Å². The van der Waals surface area contributed by atoms with E-state index in [0.29, 0.717) is 29.3 Å².